The number of amides is 1. The average molecular weight is 599 g/mol. The van der Waals surface area contributed by atoms with E-state index < -0.39 is 30.4 Å². The first kappa shape index (κ1) is 30.0. The standard InChI is InChI=1S/C31H33F3N4O5/c1-18-13-27(31(32,33)34)35-37(18)17-28(39)38-30(21-10-12-24(41-3)26(16-21)43-5)22-8-6-7-20(29(22)36-38)14-19-9-11-23(40-2)25(15-19)42-4/h9-16,22,30H,6-8,17H2,1-5H3/b20-14-. The van der Waals surface area contributed by atoms with Crippen LogP contribution in [-0.4, -0.2) is 54.8 Å². The van der Waals surface area contributed by atoms with Gasteiger partial charge in [0, 0.05) is 11.6 Å². The Morgan fingerprint density at radius 3 is 2.23 bits per heavy atom. The summed E-state index contributed by atoms with van der Waals surface area (Å²) in [6.45, 7) is 1.09. The Kier molecular flexibility index (Phi) is 8.38. The summed E-state index contributed by atoms with van der Waals surface area (Å²) < 4.78 is 62.8. The summed E-state index contributed by atoms with van der Waals surface area (Å²) >= 11 is 0. The van der Waals surface area contributed by atoms with E-state index in [1.165, 1.54) is 26.2 Å². The summed E-state index contributed by atoms with van der Waals surface area (Å²) in [7, 11) is 6.22. The van der Waals surface area contributed by atoms with Gasteiger partial charge in [-0.2, -0.15) is 23.4 Å². The monoisotopic (exact) mass is 598 g/mol. The van der Waals surface area contributed by atoms with Gasteiger partial charge in [-0.05, 0) is 79.3 Å². The van der Waals surface area contributed by atoms with Crippen molar-refractivity contribution in [3.63, 3.8) is 0 Å². The molecular formula is C31H33F3N4O5. The van der Waals surface area contributed by atoms with Crippen LogP contribution in [-0.2, 0) is 17.5 Å². The molecule has 0 bridgehead atoms. The molecule has 228 valence electrons. The zero-order valence-electron chi connectivity index (χ0n) is 24.6. The summed E-state index contributed by atoms with van der Waals surface area (Å²) in [5.41, 5.74) is 2.57. The fourth-order valence-corrected chi connectivity index (χ4v) is 5.73. The third-order valence-electron chi connectivity index (χ3n) is 7.81. The van der Waals surface area contributed by atoms with Crippen molar-refractivity contribution in [3.05, 3.63) is 70.6 Å². The molecule has 1 aliphatic carbocycles. The predicted octanol–water partition coefficient (Wildman–Crippen LogP) is 6.07. The van der Waals surface area contributed by atoms with Gasteiger partial charge in [0.2, 0.25) is 0 Å². The molecule has 0 radical (unpaired) electrons. The van der Waals surface area contributed by atoms with Crippen LogP contribution in [0.2, 0.25) is 0 Å². The van der Waals surface area contributed by atoms with E-state index in [9.17, 15) is 18.0 Å². The van der Waals surface area contributed by atoms with Gasteiger partial charge in [0.15, 0.2) is 28.7 Å². The Morgan fingerprint density at radius 2 is 1.60 bits per heavy atom. The van der Waals surface area contributed by atoms with Crippen molar-refractivity contribution >= 4 is 17.7 Å². The fraction of sp³-hybridized carbons (Fsp3) is 0.387. The molecule has 12 heteroatoms. The second kappa shape index (κ2) is 12.0. The molecule has 3 aromatic rings. The summed E-state index contributed by atoms with van der Waals surface area (Å²) in [5.74, 6) is 1.60. The Bertz CT molecular complexity index is 1580. The number of carbonyl (C=O) groups is 1. The van der Waals surface area contributed by atoms with Crippen molar-refractivity contribution in [2.45, 2.75) is 44.9 Å². The number of carbonyl (C=O) groups excluding carboxylic acids is 1. The number of allylic oxidation sites excluding steroid dienone is 1. The van der Waals surface area contributed by atoms with E-state index in [1.807, 2.05) is 36.4 Å². The number of nitrogens with zero attached hydrogens (tertiary/aromatic N) is 4. The van der Waals surface area contributed by atoms with Crippen LogP contribution >= 0.6 is 0 Å². The summed E-state index contributed by atoms with van der Waals surface area (Å²) in [4.78, 5) is 13.8. The number of hydrogen-bond acceptors (Lipinski definition) is 7. The highest BCUT2D eigenvalue weighted by Gasteiger charge is 2.44. The van der Waals surface area contributed by atoms with Crippen LogP contribution in [0, 0.1) is 12.8 Å². The third kappa shape index (κ3) is 5.91. The van der Waals surface area contributed by atoms with E-state index in [2.05, 4.69) is 5.10 Å². The lowest BCUT2D eigenvalue weighted by Gasteiger charge is -2.30. The largest absolute Gasteiger partial charge is 0.493 e. The zero-order valence-corrected chi connectivity index (χ0v) is 24.6. The minimum absolute atomic E-state index is 0.147. The molecule has 1 aromatic heterocycles. The van der Waals surface area contributed by atoms with Gasteiger partial charge in [0.25, 0.3) is 5.91 Å². The molecule has 43 heavy (non-hydrogen) atoms. The minimum Gasteiger partial charge on any atom is -0.493 e. The number of alkyl halides is 3. The van der Waals surface area contributed by atoms with Crippen LogP contribution in [0.15, 0.2) is 53.1 Å². The smallest absolute Gasteiger partial charge is 0.435 e. The number of benzene rings is 2. The van der Waals surface area contributed by atoms with E-state index >= 15 is 0 Å². The molecule has 2 aliphatic rings. The molecule has 1 aliphatic heterocycles. The molecule has 1 fully saturated rings. The molecule has 5 rings (SSSR count). The van der Waals surface area contributed by atoms with E-state index in [1.54, 1.807) is 20.3 Å². The highest BCUT2D eigenvalue weighted by atomic mass is 19.4. The Hall–Kier alpha value is -4.48. The van der Waals surface area contributed by atoms with Crippen molar-refractivity contribution in [1.82, 2.24) is 14.8 Å². The lowest BCUT2D eigenvalue weighted by atomic mass is 9.77. The van der Waals surface area contributed by atoms with Crippen molar-refractivity contribution in [2.75, 3.05) is 28.4 Å². The van der Waals surface area contributed by atoms with E-state index in [0.29, 0.717) is 23.0 Å². The second-order valence-electron chi connectivity index (χ2n) is 10.4. The van der Waals surface area contributed by atoms with Gasteiger partial charge in [-0.25, -0.2) is 5.01 Å². The second-order valence-corrected chi connectivity index (χ2v) is 10.4. The van der Waals surface area contributed by atoms with Gasteiger partial charge >= 0.3 is 6.18 Å². The number of hydrogen-bond donors (Lipinski definition) is 0. The van der Waals surface area contributed by atoms with Crippen LogP contribution in [0.1, 0.15) is 47.8 Å². The lowest BCUT2D eigenvalue weighted by Crippen LogP contribution is -2.34. The first-order valence-electron chi connectivity index (χ1n) is 13.7. The number of aryl methyl sites for hydroxylation is 1. The molecular weight excluding hydrogens is 565 g/mol. The number of aromatic nitrogens is 2. The van der Waals surface area contributed by atoms with Crippen LogP contribution in [0.4, 0.5) is 13.2 Å². The van der Waals surface area contributed by atoms with Gasteiger partial charge in [-0.1, -0.05) is 12.1 Å². The maximum absolute atomic E-state index is 13.8. The number of rotatable bonds is 8. The van der Waals surface area contributed by atoms with Crippen LogP contribution in [0.25, 0.3) is 6.08 Å². The topological polar surface area (TPSA) is 87.4 Å². The molecule has 9 nitrogen and oxygen atoms in total. The maximum atomic E-state index is 13.8. The lowest BCUT2D eigenvalue weighted by molar-refractivity contribution is -0.142. The fourth-order valence-electron chi connectivity index (χ4n) is 5.73. The van der Waals surface area contributed by atoms with E-state index in [0.717, 1.165) is 52.4 Å². The van der Waals surface area contributed by atoms with Crippen molar-refractivity contribution in [1.29, 1.82) is 0 Å². The molecule has 2 heterocycles. The molecule has 1 saturated carbocycles. The summed E-state index contributed by atoms with van der Waals surface area (Å²) in [6, 6.07) is 11.5. The highest BCUT2D eigenvalue weighted by molar-refractivity contribution is 6.08. The molecule has 1 amide bonds. The Balaban J connectivity index is 1.55. The summed E-state index contributed by atoms with van der Waals surface area (Å²) in [6.07, 6.45) is -0.211. The molecule has 2 unspecified atom stereocenters. The normalized spacial score (nSPS) is 19.2. The molecule has 0 N–H and O–H groups in total. The Morgan fingerprint density at radius 1 is 0.953 bits per heavy atom. The van der Waals surface area contributed by atoms with Crippen LogP contribution < -0.4 is 18.9 Å². The van der Waals surface area contributed by atoms with E-state index in [-0.39, 0.29) is 11.6 Å². The maximum Gasteiger partial charge on any atom is 0.435 e. The highest BCUT2D eigenvalue weighted by Crippen LogP contribution is 2.46. The van der Waals surface area contributed by atoms with Crippen molar-refractivity contribution in [3.8, 4) is 23.0 Å². The first-order chi connectivity index (χ1) is 20.6. The number of fused-ring (bicyclic) bond motifs is 1. The number of halogens is 3. The molecule has 2 aromatic carbocycles. The zero-order chi connectivity index (χ0) is 30.9. The van der Waals surface area contributed by atoms with Crippen molar-refractivity contribution < 1.29 is 36.9 Å². The number of methoxy groups -OCH3 is 4. The van der Waals surface area contributed by atoms with Crippen LogP contribution in [0.3, 0.4) is 0 Å². The van der Waals surface area contributed by atoms with Gasteiger partial charge in [0.05, 0.1) is 40.2 Å². The number of hydrazone groups is 1. The average Bonchev–Trinajstić information content (AvgIpc) is 3.58. The first-order valence-corrected chi connectivity index (χ1v) is 13.7. The van der Waals surface area contributed by atoms with Gasteiger partial charge in [-0.15, -0.1) is 0 Å². The van der Waals surface area contributed by atoms with E-state index in [4.69, 9.17) is 24.0 Å². The third-order valence-corrected chi connectivity index (χ3v) is 7.81. The molecule has 0 spiro atoms. The van der Waals surface area contributed by atoms with Crippen molar-refractivity contribution in [2.24, 2.45) is 11.0 Å². The van der Waals surface area contributed by atoms with Gasteiger partial charge in [-0.3, -0.25) is 9.48 Å². The minimum atomic E-state index is -4.62. The molecule has 0 saturated heterocycles. The van der Waals surface area contributed by atoms with Crippen LogP contribution in [0.5, 0.6) is 23.0 Å². The Labute approximate surface area is 247 Å². The predicted molar refractivity (Wildman–Crippen MR) is 153 cm³/mol. The molecule has 2 atom stereocenters. The number of ether oxygens (including phenoxy) is 4. The van der Waals surface area contributed by atoms with Gasteiger partial charge in [0.1, 0.15) is 6.54 Å². The SMILES string of the molecule is COc1ccc(/C=C2/CCCC3C2=NN(C(=O)Cn2nc(C(F)(F)F)cc2C)C3c2ccc(OC)c(OC)c2)cc1OC. The summed E-state index contributed by atoms with van der Waals surface area (Å²) in [5, 5.41) is 9.89. The quantitative estimate of drug-likeness (QED) is 0.313. The van der Waals surface area contributed by atoms with Gasteiger partial charge < -0.3 is 18.9 Å².